The van der Waals surface area contributed by atoms with Crippen molar-refractivity contribution in [3.05, 3.63) is 140 Å². The molecule has 1 saturated carbocycles. The van der Waals surface area contributed by atoms with Gasteiger partial charge >= 0.3 is 0 Å². The highest BCUT2D eigenvalue weighted by molar-refractivity contribution is 6.05. The summed E-state index contributed by atoms with van der Waals surface area (Å²) in [6, 6.07) is 18.5. The molecule has 5 aliphatic rings. The topological polar surface area (TPSA) is 188 Å². The Bertz CT molecular complexity index is 2820. The van der Waals surface area contributed by atoms with Crippen molar-refractivity contribution in [1.82, 2.24) is 9.97 Å². The molecule has 67 heavy (non-hydrogen) atoms. The molecule has 4 heterocycles. The molecule has 5 bridgehead atoms. The van der Waals surface area contributed by atoms with E-state index < -0.39 is 42.1 Å². The van der Waals surface area contributed by atoms with Crippen molar-refractivity contribution in [3.63, 3.8) is 0 Å². The van der Waals surface area contributed by atoms with Crippen LogP contribution in [0.4, 0.5) is 5.82 Å². The maximum absolute atomic E-state index is 15.8. The van der Waals surface area contributed by atoms with Crippen LogP contribution in [-0.4, -0.2) is 77.5 Å². The minimum atomic E-state index is -1.42. The van der Waals surface area contributed by atoms with E-state index in [4.69, 9.17) is 4.74 Å². The number of phenols is 2. The highest BCUT2D eigenvalue weighted by atomic mass is 16.5. The summed E-state index contributed by atoms with van der Waals surface area (Å²) in [7, 11) is 0. The van der Waals surface area contributed by atoms with Crippen molar-refractivity contribution < 1.29 is 39.9 Å². The number of fused-ring (bicyclic) bond motifs is 8. The van der Waals surface area contributed by atoms with Gasteiger partial charge in [-0.1, -0.05) is 60.4 Å². The largest absolute Gasteiger partial charge is 0.507 e. The van der Waals surface area contributed by atoms with E-state index in [0.29, 0.717) is 60.4 Å². The summed E-state index contributed by atoms with van der Waals surface area (Å²) in [6.45, 7) is -0.392. The Labute approximate surface area is 391 Å². The van der Waals surface area contributed by atoms with Gasteiger partial charge in [0.05, 0.1) is 23.7 Å². The number of aromatic nitrogens is 2. The van der Waals surface area contributed by atoms with Crippen LogP contribution in [-0.2, 0) is 41.7 Å². The number of ether oxygens (including phenoxy) is 1. The third kappa shape index (κ3) is 9.23. The van der Waals surface area contributed by atoms with E-state index >= 15 is 4.79 Å². The van der Waals surface area contributed by atoms with Gasteiger partial charge in [-0.3, -0.25) is 9.59 Å². The normalized spacial score (nSPS) is 25.2. The van der Waals surface area contributed by atoms with Crippen LogP contribution in [0.2, 0.25) is 0 Å². The molecule has 3 aliphatic carbocycles. The number of carbonyl (C=O) groups excluding carboxylic acids is 2. The predicted molar refractivity (Wildman–Crippen MR) is 257 cm³/mol. The summed E-state index contributed by atoms with van der Waals surface area (Å²) >= 11 is 0. The van der Waals surface area contributed by atoms with Crippen LogP contribution in [0.5, 0.6) is 17.2 Å². The van der Waals surface area contributed by atoms with Crippen LogP contribution in [0.1, 0.15) is 119 Å². The number of ketones is 2. The smallest absolute Gasteiger partial charge is 0.161 e. The van der Waals surface area contributed by atoms with Gasteiger partial charge in [-0.2, -0.15) is 0 Å². The number of nitrogens with one attached hydrogen (secondary N) is 3. The Balaban J connectivity index is 1.12. The number of Topliss-reactive ketones (excluding diaryl/α,β-unsaturated/α-hetero) is 2. The predicted octanol–water partition coefficient (Wildman–Crippen LogP) is 8.01. The lowest BCUT2D eigenvalue weighted by molar-refractivity contribution is -0.135. The molecular formula is C56H59N3O8. The molecule has 1 fully saturated rings. The van der Waals surface area contributed by atoms with Gasteiger partial charge in [0, 0.05) is 73.3 Å². The van der Waals surface area contributed by atoms with Crippen LogP contribution in [0, 0.1) is 23.7 Å². The van der Waals surface area contributed by atoms with Crippen molar-refractivity contribution in [1.29, 1.82) is 0 Å². The number of aromatic amines is 2. The van der Waals surface area contributed by atoms with Gasteiger partial charge in [0.15, 0.2) is 17.3 Å². The fraction of sp³-hybridized carbons (Fsp3) is 0.393. The molecule has 11 nitrogen and oxygen atoms in total. The number of hydrogen-bond donors (Lipinski definition) is 8. The van der Waals surface area contributed by atoms with Crippen molar-refractivity contribution >= 4 is 29.5 Å². The number of aliphatic hydroxyl groups is 3. The molecule has 11 heteroatoms. The molecule has 8 N–H and O–H groups in total. The summed E-state index contributed by atoms with van der Waals surface area (Å²) in [5.74, 6) is 4.51. The van der Waals surface area contributed by atoms with Crippen LogP contribution < -0.4 is 10.1 Å². The van der Waals surface area contributed by atoms with E-state index in [1.54, 1.807) is 24.3 Å². The molecule has 0 radical (unpaired) electrons. The Morgan fingerprint density at radius 1 is 0.851 bits per heavy atom. The second kappa shape index (κ2) is 18.8. The summed E-state index contributed by atoms with van der Waals surface area (Å²) in [5.41, 5.74) is 7.73. The number of hydrogen-bond acceptors (Lipinski definition) is 9. The number of benzene rings is 3. The van der Waals surface area contributed by atoms with Crippen molar-refractivity contribution in [3.8, 4) is 29.1 Å². The van der Waals surface area contributed by atoms with Crippen LogP contribution in [0.3, 0.4) is 0 Å². The van der Waals surface area contributed by atoms with E-state index in [2.05, 4.69) is 39.3 Å². The minimum Gasteiger partial charge on any atom is -0.507 e. The third-order valence-electron chi connectivity index (χ3n) is 14.9. The number of aryl methyl sites for hydroxylation is 2. The van der Waals surface area contributed by atoms with Crippen LogP contribution in [0.15, 0.2) is 84.7 Å². The lowest BCUT2D eigenvalue weighted by Gasteiger charge is -2.39. The van der Waals surface area contributed by atoms with Crippen molar-refractivity contribution in [2.75, 3.05) is 11.9 Å². The molecule has 0 unspecified atom stereocenters. The van der Waals surface area contributed by atoms with E-state index in [-0.39, 0.29) is 61.3 Å². The van der Waals surface area contributed by atoms with E-state index in [1.807, 2.05) is 54.9 Å². The summed E-state index contributed by atoms with van der Waals surface area (Å²) in [6.07, 6.45) is 14.8. The van der Waals surface area contributed by atoms with Gasteiger partial charge in [0.1, 0.15) is 23.4 Å². The zero-order valence-corrected chi connectivity index (χ0v) is 37.7. The SMILES string of the molecule is O=C1CCc2cc(c(O)c(OC3CCCC3)c2)Cc2ccc3c(c2)Cc2cc[nH]c2N[C@H](C#CC[C@@H](O)C3)C2=Cc3[nH]ccc3[C@@H](C[C@]3(O)C=Cc4c(O)cccc4CC3)[C@@H]2C(=O)[C@@H]1CCO. The van der Waals surface area contributed by atoms with Crippen LogP contribution in [0.25, 0.3) is 12.2 Å². The molecule has 0 amide bonds. The first-order valence-corrected chi connectivity index (χ1v) is 24.0. The average molecular weight is 902 g/mol. The first kappa shape index (κ1) is 44.5. The summed E-state index contributed by atoms with van der Waals surface area (Å²) < 4.78 is 6.47. The van der Waals surface area contributed by atoms with Gasteiger partial charge in [0.25, 0.3) is 0 Å². The number of aromatic hydroxyl groups is 2. The Morgan fingerprint density at radius 3 is 2.54 bits per heavy atom. The molecule has 10 rings (SSSR count). The molecule has 5 aromatic rings. The molecular weight excluding hydrogens is 843 g/mol. The molecule has 6 atom stereocenters. The fourth-order valence-electron chi connectivity index (χ4n) is 11.3. The average Bonchev–Trinajstić information content (AvgIpc) is 4.09. The highest BCUT2D eigenvalue weighted by Gasteiger charge is 2.46. The molecule has 2 aromatic heterocycles. The van der Waals surface area contributed by atoms with E-state index in [0.717, 1.165) is 70.3 Å². The molecule has 2 aliphatic heterocycles. The second-order valence-electron chi connectivity index (χ2n) is 19.4. The Hall–Kier alpha value is -6.32. The number of rotatable bonds is 6. The number of phenolic OH excluding ortho intramolecular Hbond substituents is 2. The van der Waals surface area contributed by atoms with Crippen molar-refractivity contribution in [2.24, 2.45) is 11.8 Å². The zero-order valence-electron chi connectivity index (χ0n) is 37.7. The maximum Gasteiger partial charge on any atom is 0.161 e. The number of anilines is 1. The van der Waals surface area contributed by atoms with Gasteiger partial charge < -0.3 is 45.6 Å². The van der Waals surface area contributed by atoms with Crippen molar-refractivity contribution in [2.45, 2.75) is 120 Å². The second-order valence-corrected chi connectivity index (χ2v) is 19.4. The summed E-state index contributed by atoms with van der Waals surface area (Å²) in [4.78, 5) is 37.4. The Morgan fingerprint density at radius 2 is 1.69 bits per heavy atom. The summed E-state index contributed by atoms with van der Waals surface area (Å²) in [5, 5.41) is 61.0. The third-order valence-corrected chi connectivity index (χ3v) is 14.9. The van der Waals surface area contributed by atoms with Gasteiger partial charge in [-0.05, 0) is 139 Å². The molecule has 3 aromatic carbocycles. The maximum atomic E-state index is 15.8. The standard InChI is InChI=1S/C56H59N3O8/c60-24-19-44-50(63)14-12-34-27-39(53(64)51(28-34)67-41-7-1-2-8-41)26-33-11-13-36-30-40(61)6-4-9-47(59-55-37(17-22-58-55)29-38(36)25-33)45-31-48-43(18-23-57-48)46(52(45)54(44)65)32-56(66)20-15-35-5-3-10-49(62)42(35)16-21-56/h3,5,10-11,13,16-18,21-23,25,27-28,31,40-41,44,46-47,52,57-62,64,66H,1-2,6-8,12,14-15,19-20,24,26,29-30,32H2/t40-,44-,46-,47-,52-,56-/m1/s1. The minimum absolute atomic E-state index is 0.00775. The molecule has 346 valence electrons. The lowest BCUT2D eigenvalue weighted by atomic mass is 9.65. The number of H-pyrrole nitrogens is 2. The first-order chi connectivity index (χ1) is 32.5. The molecule has 0 saturated heterocycles. The Kier molecular flexibility index (Phi) is 12.5. The van der Waals surface area contributed by atoms with Gasteiger partial charge in [-0.25, -0.2) is 0 Å². The fourth-order valence-corrected chi connectivity index (χ4v) is 11.3. The lowest BCUT2D eigenvalue weighted by Crippen LogP contribution is -2.42. The van der Waals surface area contributed by atoms with Gasteiger partial charge in [0.2, 0.25) is 0 Å². The number of aliphatic hydroxyl groups excluding tert-OH is 2. The van der Waals surface area contributed by atoms with Gasteiger partial charge in [-0.15, -0.1) is 0 Å². The zero-order chi connectivity index (χ0) is 46.2. The van der Waals surface area contributed by atoms with E-state index in [9.17, 15) is 30.3 Å². The number of carbonyl (C=O) groups is 2. The van der Waals surface area contributed by atoms with Crippen LogP contribution >= 0.6 is 0 Å². The monoisotopic (exact) mass is 901 g/mol. The first-order valence-electron chi connectivity index (χ1n) is 24.0. The quantitative estimate of drug-likeness (QED) is 0.0617. The van der Waals surface area contributed by atoms with E-state index in [1.165, 1.54) is 0 Å². The highest BCUT2D eigenvalue weighted by Crippen LogP contribution is 2.48. The molecule has 0 spiro atoms.